The van der Waals surface area contributed by atoms with Crippen LogP contribution in [-0.2, 0) is 10.0 Å². The molecule has 2 heterocycles. The number of hydrogen-bond donors (Lipinski definition) is 1. The average molecular weight is 342 g/mol. The van der Waals surface area contributed by atoms with Crippen molar-refractivity contribution in [2.45, 2.75) is 25.3 Å². The first-order valence-corrected chi connectivity index (χ1v) is 9.89. The van der Waals surface area contributed by atoms with E-state index in [1.807, 2.05) is 0 Å². The molecule has 0 unspecified atom stereocenters. The van der Waals surface area contributed by atoms with Gasteiger partial charge in [0.15, 0.2) is 0 Å². The lowest BCUT2D eigenvalue weighted by molar-refractivity contribution is 0.313. The molecule has 128 valence electrons. The third kappa shape index (κ3) is 4.02. The van der Waals surface area contributed by atoms with Crippen LogP contribution in [0.25, 0.3) is 0 Å². The summed E-state index contributed by atoms with van der Waals surface area (Å²) < 4.78 is 43.7. The third-order valence-corrected chi connectivity index (χ3v) is 5.89. The van der Waals surface area contributed by atoms with Crippen LogP contribution in [0.15, 0.2) is 18.2 Å². The maximum Gasteiger partial charge on any atom is 0.211 e. The smallest absolute Gasteiger partial charge is 0.211 e. The molecule has 1 aromatic rings. The molecule has 1 aromatic carbocycles. The predicted molar refractivity (Wildman–Crippen MR) is 86.4 cm³/mol. The van der Waals surface area contributed by atoms with E-state index in [1.165, 1.54) is 18.4 Å². The molecule has 0 aromatic heterocycles. The van der Waals surface area contributed by atoms with Crippen molar-refractivity contribution in [3.63, 3.8) is 0 Å². The Hall–Kier alpha value is -1.18. The molecule has 0 amide bonds. The number of halogens is 1. The van der Waals surface area contributed by atoms with Crippen molar-refractivity contribution in [3.8, 4) is 5.75 Å². The minimum absolute atomic E-state index is 0.125. The molecule has 0 saturated carbocycles. The molecule has 0 bridgehead atoms. The summed E-state index contributed by atoms with van der Waals surface area (Å²) in [6, 6.07) is 4.81. The van der Waals surface area contributed by atoms with Gasteiger partial charge in [-0.3, -0.25) is 0 Å². The van der Waals surface area contributed by atoms with Crippen LogP contribution in [0, 0.1) is 11.7 Å². The zero-order valence-electron chi connectivity index (χ0n) is 13.3. The molecule has 5 nitrogen and oxygen atoms in total. The number of benzene rings is 1. The Balaban J connectivity index is 1.63. The zero-order chi connectivity index (χ0) is 16.4. The number of nitrogens with zero attached hydrogens (tertiary/aromatic N) is 1. The van der Waals surface area contributed by atoms with E-state index in [1.54, 1.807) is 10.4 Å². The molecule has 1 N–H and O–H groups in total. The van der Waals surface area contributed by atoms with Crippen molar-refractivity contribution < 1.29 is 17.5 Å². The van der Waals surface area contributed by atoms with Crippen molar-refractivity contribution in [1.82, 2.24) is 9.62 Å². The van der Waals surface area contributed by atoms with E-state index in [0.29, 0.717) is 31.4 Å². The number of rotatable bonds is 4. The van der Waals surface area contributed by atoms with Crippen LogP contribution in [0.2, 0.25) is 0 Å². The highest BCUT2D eigenvalue weighted by molar-refractivity contribution is 7.88. The first-order valence-electron chi connectivity index (χ1n) is 8.04. The van der Waals surface area contributed by atoms with E-state index in [2.05, 4.69) is 5.32 Å². The van der Waals surface area contributed by atoms with Gasteiger partial charge in [-0.2, -0.15) is 0 Å². The maximum absolute atomic E-state index is 13.4. The highest BCUT2D eigenvalue weighted by Gasteiger charge is 2.29. The second-order valence-electron chi connectivity index (χ2n) is 6.41. The molecule has 23 heavy (non-hydrogen) atoms. The van der Waals surface area contributed by atoms with Crippen molar-refractivity contribution >= 4 is 10.0 Å². The van der Waals surface area contributed by atoms with Crippen LogP contribution in [0.4, 0.5) is 4.39 Å². The van der Waals surface area contributed by atoms with Crippen LogP contribution in [0.3, 0.4) is 0 Å². The summed E-state index contributed by atoms with van der Waals surface area (Å²) in [5, 5.41) is 3.53. The molecule has 3 rings (SSSR count). The number of nitrogens with one attached hydrogen (secondary N) is 1. The first-order chi connectivity index (χ1) is 10.9. The minimum Gasteiger partial charge on any atom is -0.493 e. The maximum atomic E-state index is 13.4. The molecular weight excluding hydrogens is 319 g/mol. The second kappa shape index (κ2) is 6.75. The summed E-state index contributed by atoms with van der Waals surface area (Å²) in [6.45, 7) is 2.53. The minimum atomic E-state index is -3.09. The monoisotopic (exact) mass is 342 g/mol. The lowest BCUT2D eigenvalue weighted by Gasteiger charge is -2.21. The van der Waals surface area contributed by atoms with Gasteiger partial charge < -0.3 is 10.1 Å². The second-order valence-corrected chi connectivity index (χ2v) is 8.39. The quantitative estimate of drug-likeness (QED) is 0.908. The van der Waals surface area contributed by atoms with E-state index in [-0.39, 0.29) is 11.9 Å². The summed E-state index contributed by atoms with van der Waals surface area (Å²) in [6.07, 6.45) is 3.98. The number of sulfonamides is 1. The predicted octanol–water partition coefficient (Wildman–Crippen LogP) is 1.91. The molecular formula is C16H23FN2O3S. The van der Waals surface area contributed by atoms with Gasteiger partial charge in [0, 0.05) is 30.8 Å². The fourth-order valence-corrected chi connectivity index (χ4v) is 4.25. The third-order valence-electron chi connectivity index (χ3n) is 4.62. The Kier molecular flexibility index (Phi) is 4.89. The molecule has 0 radical (unpaired) electrons. The van der Waals surface area contributed by atoms with Gasteiger partial charge in [0.25, 0.3) is 0 Å². The van der Waals surface area contributed by atoms with Crippen LogP contribution in [-0.4, -0.2) is 45.2 Å². The number of ether oxygens (including phenoxy) is 1. The Morgan fingerprint density at radius 3 is 2.96 bits per heavy atom. The Morgan fingerprint density at radius 2 is 2.22 bits per heavy atom. The summed E-state index contributed by atoms with van der Waals surface area (Å²) in [7, 11) is -3.09. The lowest BCUT2D eigenvalue weighted by Crippen LogP contribution is -2.31. The van der Waals surface area contributed by atoms with Crippen molar-refractivity contribution in [2.24, 2.45) is 5.92 Å². The molecule has 2 aliphatic heterocycles. The summed E-state index contributed by atoms with van der Waals surface area (Å²) in [5.74, 6) is 0.644. The van der Waals surface area contributed by atoms with Crippen molar-refractivity contribution in [1.29, 1.82) is 0 Å². The molecule has 0 spiro atoms. The number of hydrogen-bond acceptors (Lipinski definition) is 4. The van der Waals surface area contributed by atoms with Gasteiger partial charge in [0.2, 0.25) is 10.0 Å². The topological polar surface area (TPSA) is 58.6 Å². The first kappa shape index (κ1) is 16.7. The van der Waals surface area contributed by atoms with E-state index in [4.69, 9.17) is 4.74 Å². The molecule has 1 saturated heterocycles. The largest absolute Gasteiger partial charge is 0.493 e. The SMILES string of the molecule is CS(=O)(=O)N1CC[C@H](CN[C@@H]2CCCOc3cc(F)ccc32)C1. The van der Waals surface area contributed by atoms with Gasteiger partial charge in [-0.25, -0.2) is 17.1 Å². The van der Waals surface area contributed by atoms with E-state index < -0.39 is 10.0 Å². The Bertz CT molecular complexity index is 665. The van der Waals surface area contributed by atoms with Crippen molar-refractivity contribution in [2.75, 3.05) is 32.5 Å². The van der Waals surface area contributed by atoms with Crippen LogP contribution in [0.5, 0.6) is 5.75 Å². The standard InChI is InChI=1S/C16H23FN2O3S/c1-23(20,21)19-7-6-12(11-19)10-18-15-3-2-8-22-16-9-13(17)4-5-14(15)16/h4-5,9,12,15,18H,2-3,6-8,10-11H2,1H3/t12-,15-/m1/s1. The van der Waals surface area contributed by atoms with Gasteiger partial charge in [0.05, 0.1) is 12.9 Å². The normalized spacial score (nSPS) is 25.7. The summed E-state index contributed by atoms with van der Waals surface area (Å²) in [5.41, 5.74) is 0.988. The van der Waals surface area contributed by atoms with Crippen molar-refractivity contribution in [3.05, 3.63) is 29.6 Å². The van der Waals surface area contributed by atoms with Gasteiger partial charge in [-0.05, 0) is 37.8 Å². The molecule has 0 aliphatic carbocycles. The van der Waals surface area contributed by atoms with Gasteiger partial charge in [-0.1, -0.05) is 6.07 Å². The lowest BCUT2D eigenvalue weighted by atomic mass is 10.0. The van der Waals surface area contributed by atoms with Gasteiger partial charge in [-0.15, -0.1) is 0 Å². The Labute approximate surface area is 136 Å². The van der Waals surface area contributed by atoms with Gasteiger partial charge in [0.1, 0.15) is 11.6 Å². The van der Waals surface area contributed by atoms with E-state index >= 15 is 0 Å². The highest BCUT2D eigenvalue weighted by Crippen LogP contribution is 2.32. The number of fused-ring (bicyclic) bond motifs is 1. The molecule has 7 heteroatoms. The highest BCUT2D eigenvalue weighted by atomic mass is 32.2. The Morgan fingerprint density at radius 1 is 1.39 bits per heavy atom. The molecule has 2 atom stereocenters. The van der Waals surface area contributed by atoms with Crippen LogP contribution in [0.1, 0.15) is 30.9 Å². The summed E-state index contributed by atoms with van der Waals surface area (Å²) >= 11 is 0. The van der Waals surface area contributed by atoms with E-state index in [9.17, 15) is 12.8 Å². The fraction of sp³-hybridized carbons (Fsp3) is 0.625. The van der Waals surface area contributed by atoms with Crippen LogP contribution >= 0.6 is 0 Å². The van der Waals surface area contributed by atoms with Gasteiger partial charge >= 0.3 is 0 Å². The zero-order valence-corrected chi connectivity index (χ0v) is 14.1. The summed E-state index contributed by atoms with van der Waals surface area (Å²) in [4.78, 5) is 0. The average Bonchev–Trinajstić information content (AvgIpc) is 2.88. The molecule has 1 fully saturated rings. The molecule has 2 aliphatic rings. The van der Waals surface area contributed by atoms with E-state index in [0.717, 1.165) is 31.4 Å². The fourth-order valence-electron chi connectivity index (χ4n) is 3.33. The van der Waals surface area contributed by atoms with Crippen LogP contribution < -0.4 is 10.1 Å².